The van der Waals surface area contributed by atoms with Gasteiger partial charge in [0.2, 0.25) is 0 Å². The van der Waals surface area contributed by atoms with Crippen molar-refractivity contribution in [3.8, 4) is 5.75 Å². The molecule has 1 aromatic heterocycles. The average molecular weight is 216 g/mol. The number of H-pyrrole nitrogens is 1. The van der Waals surface area contributed by atoms with Crippen molar-refractivity contribution in [3.05, 3.63) is 53.9 Å². The number of nitrogens with one attached hydrogen (secondary N) is 1. The second kappa shape index (κ2) is 4.86. The molecule has 1 unspecified atom stereocenters. The highest BCUT2D eigenvalue weighted by Gasteiger charge is 2.01. The summed E-state index contributed by atoms with van der Waals surface area (Å²) in [5.74, 6) is 0.851. The summed E-state index contributed by atoms with van der Waals surface area (Å²) in [6.07, 6.45) is 1.89. The quantitative estimate of drug-likeness (QED) is 0.825. The molecule has 0 amide bonds. The van der Waals surface area contributed by atoms with Gasteiger partial charge in [0.05, 0.1) is 5.69 Å². The highest BCUT2D eigenvalue weighted by atomic mass is 16.5. The Labute approximate surface area is 95.2 Å². The maximum absolute atomic E-state index is 5.81. The van der Waals surface area contributed by atoms with Crippen LogP contribution < -0.4 is 10.5 Å². The van der Waals surface area contributed by atoms with Gasteiger partial charge in [0, 0.05) is 12.2 Å². The van der Waals surface area contributed by atoms with E-state index in [-0.39, 0.29) is 6.04 Å². The number of hydrogen-bond acceptors (Lipinski definition) is 2. The van der Waals surface area contributed by atoms with Gasteiger partial charge >= 0.3 is 0 Å². The Hall–Kier alpha value is -1.74. The third-order valence-electron chi connectivity index (χ3n) is 2.44. The fraction of sp³-hybridized carbons (Fsp3) is 0.231. The fourth-order valence-electron chi connectivity index (χ4n) is 1.51. The topological polar surface area (TPSA) is 51.0 Å². The van der Waals surface area contributed by atoms with Crippen molar-refractivity contribution >= 4 is 0 Å². The number of benzene rings is 1. The van der Waals surface area contributed by atoms with Crippen LogP contribution in [0, 0.1) is 0 Å². The largest absolute Gasteiger partial charge is 0.487 e. The standard InChI is InChI=1S/C13H16N2O/c1-10(14)11-4-2-6-13(8-11)16-9-12-5-3-7-15-12/h2-8,10,15H,9,14H2,1H3. The average Bonchev–Trinajstić information content (AvgIpc) is 2.79. The van der Waals surface area contributed by atoms with E-state index in [9.17, 15) is 0 Å². The van der Waals surface area contributed by atoms with Crippen LogP contribution in [-0.2, 0) is 6.61 Å². The van der Waals surface area contributed by atoms with E-state index >= 15 is 0 Å². The van der Waals surface area contributed by atoms with Gasteiger partial charge in [-0.2, -0.15) is 0 Å². The molecule has 3 N–H and O–H groups in total. The molecule has 16 heavy (non-hydrogen) atoms. The van der Waals surface area contributed by atoms with Crippen molar-refractivity contribution in [1.82, 2.24) is 4.98 Å². The van der Waals surface area contributed by atoms with E-state index in [2.05, 4.69) is 4.98 Å². The summed E-state index contributed by atoms with van der Waals surface area (Å²) in [7, 11) is 0. The first-order valence-corrected chi connectivity index (χ1v) is 5.36. The Morgan fingerprint density at radius 2 is 2.19 bits per heavy atom. The first-order valence-electron chi connectivity index (χ1n) is 5.36. The summed E-state index contributed by atoms with van der Waals surface area (Å²) in [5.41, 5.74) is 7.96. The maximum Gasteiger partial charge on any atom is 0.128 e. The molecule has 84 valence electrons. The second-order valence-electron chi connectivity index (χ2n) is 3.85. The summed E-state index contributed by atoms with van der Waals surface area (Å²) in [6.45, 7) is 2.51. The first kappa shape index (κ1) is 10.8. The Bertz CT molecular complexity index is 435. The molecular weight excluding hydrogens is 200 g/mol. The van der Waals surface area contributed by atoms with Gasteiger partial charge in [-0.1, -0.05) is 12.1 Å². The Morgan fingerprint density at radius 3 is 2.88 bits per heavy atom. The van der Waals surface area contributed by atoms with E-state index in [1.165, 1.54) is 0 Å². The zero-order chi connectivity index (χ0) is 11.4. The molecule has 0 aliphatic carbocycles. The van der Waals surface area contributed by atoms with Crippen molar-refractivity contribution in [1.29, 1.82) is 0 Å². The SMILES string of the molecule is CC(N)c1cccc(OCc2ccc[nH]2)c1. The summed E-state index contributed by atoms with van der Waals surface area (Å²) in [6, 6.07) is 11.9. The lowest BCUT2D eigenvalue weighted by Gasteiger charge is -2.09. The number of rotatable bonds is 4. The van der Waals surface area contributed by atoms with E-state index < -0.39 is 0 Å². The van der Waals surface area contributed by atoms with Gasteiger partial charge in [-0.3, -0.25) is 0 Å². The predicted octanol–water partition coefficient (Wildman–Crippen LogP) is 2.61. The van der Waals surface area contributed by atoms with Gasteiger partial charge in [-0.05, 0) is 36.8 Å². The third kappa shape index (κ3) is 2.64. The second-order valence-corrected chi connectivity index (χ2v) is 3.85. The molecule has 0 saturated heterocycles. The van der Waals surface area contributed by atoms with Gasteiger partial charge in [-0.25, -0.2) is 0 Å². The van der Waals surface area contributed by atoms with E-state index in [1.54, 1.807) is 0 Å². The van der Waals surface area contributed by atoms with E-state index in [4.69, 9.17) is 10.5 Å². The molecule has 0 spiro atoms. The molecule has 1 aromatic carbocycles. The lowest BCUT2D eigenvalue weighted by Crippen LogP contribution is -2.05. The van der Waals surface area contributed by atoms with E-state index in [0.717, 1.165) is 17.0 Å². The summed E-state index contributed by atoms with van der Waals surface area (Å²) >= 11 is 0. The molecule has 1 heterocycles. The molecule has 0 bridgehead atoms. The number of nitrogens with two attached hydrogens (primary N) is 1. The molecule has 3 nitrogen and oxygen atoms in total. The van der Waals surface area contributed by atoms with Crippen molar-refractivity contribution in [2.24, 2.45) is 5.73 Å². The molecule has 0 radical (unpaired) electrons. The lowest BCUT2D eigenvalue weighted by atomic mass is 10.1. The fourth-order valence-corrected chi connectivity index (χ4v) is 1.51. The van der Waals surface area contributed by atoms with Crippen molar-refractivity contribution < 1.29 is 4.74 Å². The Kier molecular flexibility index (Phi) is 3.27. The van der Waals surface area contributed by atoms with Crippen LogP contribution in [0.5, 0.6) is 5.75 Å². The summed E-state index contributed by atoms with van der Waals surface area (Å²) in [5, 5.41) is 0. The third-order valence-corrected chi connectivity index (χ3v) is 2.44. The number of aromatic amines is 1. The van der Waals surface area contributed by atoms with Crippen LogP contribution in [0.2, 0.25) is 0 Å². The highest BCUT2D eigenvalue weighted by Crippen LogP contribution is 2.18. The molecule has 2 rings (SSSR count). The maximum atomic E-state index is 5.81. The Balaban J connectivity index is 2.01. The van der Waals surface area contributed by atoms with Crippen LogP contribution in [0.3, 0.4) is 0 Å². The Morgan fingerprint density at radius 1 is 1.31 bits per heavy atom. The normalized spacial score (nSPS) is 12.4. The smallest absolute Gasteiger partial charge is 0.128 e. The zero-order valence-corrected chi connectivity index (χ0v) is 9.31. The molecule has 1 atom stereocenters. The van der Waals surface area contributed by atoms with Crippen LogP contribution in [-0.4, -0.2) is 4.98 Å². The molecule has 0 saturated carbocycles. The van der Waals surface area contributed by atoms with Crippen LogP contribution in [0.1, 0.15) is 24.2 Å². The number of aromatic nitrogens is 1. The van der Waals surface area contributed by atoms with Crippen LogP contribution >= 0.6 is 0 Å². The number of hydrogen-bond donors (Lipinski definition) is 2. The van der Waals surface area contributed by atoms with E-state index in [0.29, 0.717) is 6.61 Å². The van der Waals surface area contributed by atoms with Gasteiger partial charge < -0.3 is 15.5 Å². The molecule has 2 aromatic rings. The van der Waals surface area contributed by atoms with Gasteiger partial charge in [0.25, 0.3) is 0 Å². The van der Waals surface area contributed by atoms with E-state index in [1.807, 2.05) is 49.5 Å². The summed E-state index contributed by atoms with van der Waals surface area (Å²) < 4.78 is 5.65. The molecular formula is C13H16N2O. The zero-order valence-electron chi connectivity index (χ0n) is 9.31. The van der Waals surface area contributed by atoms with Crippen molar-refractivity contribution in [2.75, 3.05) is 0 Å². The first-order chi connectivity index (χ1) is 7.75. The molecule has 0 fully saturated rings. The molecule has 0 aliphatic rings. The van der Waals surface area contributed by atoms with Gasteiger partial charge in [-0.15, -0.1) is 0 Å². The summed E-state index contributed by atoms with van der Waals surface area (Å²) in [4.78, 5) is 3.10. The van der Waals surface area contributed by atoms with Gasteiger partial charge in [0.15, 0.2) is 0 Å². The number of ether oxygens (including phenoxy) is 1. The van der Waals surface area contributed by atoms with Gasteiger partial charge in [0.1, 0.15) is 12.4 Å². The minimum Gasteiger partial charge on any atom is -0.487 e. The van der Waals surface area contributed by atoms with Crippen LogP contribution in [0.15, 0.2) is 42.6 Å². The van der Waals surface area contributed by atoms with Crippen LogP contribution in [0.4, 0.5) is 0 Å². The minimum absolute atomic E-state index is 0.0361. The highest BCUT2D eigenvalue weighted by molar-refractivity contribution is 5.30. The van der Waals surface area contributed by atoms with Crippen LogP contribution in [0.25, 0.3) is 0 Å². The predicted molar refractivity (Wildman–Crippen MR) is 64.2 cm³/mol. The monoisotopic (exact) mass is 216 g/mol. The molecule has 0 aliphatic heterocycles. The minimum atomic E-state index is 0.0361. The lowest BCUT2D eigenvalue weighted by molar-refractivity contribution is 0.301. The van der Waals surface area contributed by atoms with Crippen molar-refractivity contribution in [3.63, 3.8) is 0 Å². The molecule has 3 heteroatoms. The van der Waals surface area contributed by atoms with Crippen molar-refractivity contribution in [2.45, 2.75) is 19.6 Å².